The molecule has 5 heteroatoms. The topological polar surface area (TPSA) is 70.7 Å². The minimum absolute atomic E-state index is 0.142. The van der Waals surface area contributed by atoms with Crippen molar-refractivity contribution >= 4 is 16.9 Å². The lowest BCUT2D eigenvalue weighted by Crippen LogP contribution is -2.32. The van der Waals surface area contributed by atoms with Crippen LogP contribution in [0.2, 0.25) is 0 Å². The molecule has 0 saturated heterocycles. The third-order valence-corrected chi connectivity index (χ3v) is 3.83. The number of carbonyl (C=O) groups is 1. The Labute approximate surface area is 135 Å². The van der Waals surface area contributed by atoms with Crippen molar-refractivity contribution in [1.82, 2.24) is 20.3 Å². The summed E-state index contributed by atoms with van der Waals surface area (Å²) in [5.41, 5.74) is 3.32. The highest BCUT2D eigenvalue weighted by Crippen LogP contribution is 2.22. The molecule has 1 unspecified atom stereocenters. The molecule has 2 aromatic heterocycles. The van der Waals surface area contributed by atoms with Crippen LogP contribution in [0, 0.1) is 12.8 Å². The van der Waals surface area contributed by atoms with Crippen molar-refractivity contribution in [2.24, 2.45) is 5.92 Å². The van der Waals surface area contributed by atoms with Crippen molar-refractivity contribution in [3.8, 4) is 0 Å². The lowest BCUT2D eigenvalue weighted by Gasteiger charge is -2.20. The van der Waals surface area contributed by atoms with Crippen molar-refractivity contribution in [3.63, 3.8) is 0 Å². The van der Waals surface area contributed by atoms with Crippen molar-refractivity contribution < 1.29 is 4.79 Å². The predicted octanol–water partition coefficient (Wildman–Crippen LogP) is 3.39. The third-order valence-electron chi connectivity index (χ3n) is 3.83. The van der Waals surface area contributed by atoms with Crippen LogP contribution < -0.4 is 5.32 Å². The minimum atomic E-state index is -0.184. The third kappa shape index (κ3) is 3.23. The molecular formula is C18H20N4O. The fraction of sp³-hybridized carbons (Fsp3) is 0.278. The number of aromatic amines is 1. The van der Waals surface area contributed by atoms with E-state index in [4.69, 9.17) is 0 Å². The Bertz CT molecular complexity index is 787. The summed E-state index contributed by atoms with van der Waals surface area (Å²) in [6, 6.07) is 11.3. The van der Waals surface area contributed by atoms with Gasteiger partial charge in [0.25, 0.3) is 5.91 Å². The fourth-order valence-electron chi connectivity index (χ4n) is 2.50. The molecule has 118 valence electrons. The summed E-state index contributed by atoms with van der Waals surface area (Å²) >= 11 is 0. The number of para-hydroxylation sites is 2. The molecule has 0 aliphatic carbocycles. The molecule has 0 spiro atoms. The van der Waals surface area contributed by atoms with Gasteiger partial charge < -0.3 is 10.3 Å². The van der Waals surface area contributed by atoms with Crippen LogP contribution in [-0.4, -0.2) is 20.9 Å². The number of carbonyl (C=O) groups excluding carboxylic acids is 1. The van der Waals surface area contributed by atoms with Crippen LogP contribution in [0.1, 0.15) is 41.8 Å². The average molecular weight is 308 g/mol. The SMILES string of the molecule is Cc1ccc(C(=O)NC(c2nc3ccccc3[nH]2)C(C)C)cn1. The number of benzene rings is 1. The van der Waals surface area contributed by atoms with Gasteiger partial charge in [0.05, 0.1) is 22.6 Å². The van der Waals surface area contributed by atoms with E-state index < -0.39 is 0 Å². The maximum atomic E-state index is 12.5. The van der Waals surface area contributed by atoms with Crippen molar-refractivity contribution in [3.05, 3.63) is 59.7 Å². The molecule has 0 aliphatic rings. The molecule has 3 aromatic rings. The normalized spacial score (nSPS) is 12.5. The van der Waals surface area contributed by atoms with E-state index in [0.29, 0.717) is 5.56 Å². The van der Waals surface area contributed by atoms with E-state index in [1.54, 1.807) is 12.3 Å². The molecule has 2 heterocycles. The van der Waals surface area contributed by atoms with Crippen LogP contribution in [0.3, 0.4) is 0 Å². The number of imidazole rings is 1. The van der Waals surface area contributed by atoms with E-state index in [1.807, 2.05) is 37.3 Å². The van der Waals surface area contributed by atoms with Crippen LogP contribution in [-0.2, 0) is 0 Å². The minimum Gasteiger partial charge on any atom is -0.342 e. The number of nitrogens with zero attached hydrogens (tertiary/aromatic N) is 2. The van der Waals surface area contributed by atoms with Crippen LogP contribution in [0.15, 0.2) is 42.6 Å². The predicted molar refractivity (Wildman–Crippen MR) is 90.1 cm³/mol. The number of H-pyrrole nitrogens is 1. The van der Waals surface area contributed by atoms with Crippen LogP contribution in [0.4, 0.5) is 0 Å². The Balaban J connectivity index is 1.86. The largest absolute Gasteiger partial charge is 0.342 e. The molecule has 0 bridgehead atoms. The van der Waals surface area contributed by atoms with Crippen LogP contribution in [0.25, 0.3) is 11.0 Å². The molecule has 0 fully saturated rings. The number of nitrogens with one attached hydrogen (secondary N) is 2. The molecule has 23 heavy (non-hydrogen) atoms. The summed E-state index contributed by atoms with van der Waals surface area (Å²) < 4.78 is 0. The number of amides is 1. The van der Waals surface area contributed by atoms with Gasteiger partial charge in [0.15, 0.2) is 0 Å². The number of hydrogen-bond donors (Lipinski definition) is 2. The summed E-state index contributed by atoms with van der Waals surface area (Å²) in [7, 11) is 0. The molecule has 1 amide bonds. The summed E-state index contributed by atoms with van der Waals surface area (Å²) in [6.07, 6.45) is 1.60. The first-order valence-electron chi connectivity index (χ1n) is 7.73. The highest BCUT2D eigenvalue weighted by atomic mass is 16.1. The van der Waals surface area contributed by atoms with E-state index in [2.05, 4.69) is 34.1 Å². The first-order valence-corrected chi connectivity index (χ1v) is 7.73. The standard InChI is InChI=1S/C18H20N4O/c1-11(2)16(17-20-14-6-4-5-7-15(14)21-17)22-18(23)13-9-8-12(3)19-10-13/h4-11,16H,1-3H3,(H,20,21)(H,22,23). The smallest absolute Gasteiger partial charge is 0.253 e. The van der Waals surface area contributed by atoms with Gasteiger partial charge in [-0.15, -0.1) is 0 Å². The van der Waals surface area contributed by atoms with Gasteiger partial charge in [0.1, 0.15) is 5.82 Å². The Morgan fingerprint density at radius 2 is 1.96 bits per heavy atom. The van der Waals surface area contributed by atoms with Gasteiger partial charge in [-0.3, -0.25) is 9.78 Å². The molecule has 0 aliphatic heterocycles. The first kappa shape index (κ1) is 15.2. The Morgan fingerprint density at radius 1 is 1.17 bits per heavy atom. The second-order valence-electron chi connectivity index (χ2n) is 6.02. The van der Waals surface area contributed by atoms with Crippen LogP contribution in [0.5, 0.6) is 0 Å². The number of rotatable bonds is 4. The average Bonchev–Trinajstić information content (AvgIpc) is 2.96. The molecule has 2 N–H and O–H groups in total. The summed E-state index contributed by atoms with van der Waals surface area (Å²) in [6.45, 7) is 6.02. The Morgan fingerprint density at radius 3 is 2.61 bits per heavy atom. The zero-order chi connectivity index (χ0) is 16.4. The van der Waals surface area contributed by atoms with Crippen molar-refractivity contribution in [2.45, 2.75) is 26.8 Å². The number of aromatic nitrogens is 3. The summed E-state index contributed by atoms with van der Waals surface area (Å²) in [4.78, 5) is 24.6. The Kier molecular flexibility index (Phi) is 4.10. The molecule has 3 rings (SSSR count). The number of hydrogen-bond acceptors (Lipinski definition) is 3. The fourth-order valence-corrected chi connectivity index (χ4v) is 2.50. The van der Waals surface area contributed by atoms with Crippen molar-refractivity contribution in [1.29, 1.82) is 0 Å². The second-order valence-corrected chi connectivity index (χ2v) is 6.02. The molecular weight excluding hydrogens is 288 g/mol. The van der Waals surface area contributed by atoms with E-state index in [9.17, 15) is 4.79 Å². The first-order chi connectivity index (χ1) is 11.0. The van der Waals surface area contributed by atoms with Gasteiger partial charge in [-0.2, -0.15) is 0 Å². The van der Waals surface area contributed by atoms with Gasteiger partial charge in [0, 0.05) is 11.9 Å². The van der Waals surface area contributed by atoms with Gasteiger partial charge >= 0.3 is 0 Å². The van der Waals surface area contributed by atoms with Crippen molar-refractivity contribution in [2.75, 3.05) is 0 Å². The second kappa shape index (κ2) is 6.20. The summed E-state index contributed by atoms with van der Waals surface area (Å²) in [5, 5.41) is 3.06. The van der Waals surface area contributed by atoms with Gasteiger partial charge in [-0.25, -0.2) is 4.98 Å². The Hall–Kier alpha value is -2.69. The molecule has 1 atom stereocenters. The quantitative estimate of drug-likeness (QED) is 0.776. The zero-order valence-electron chi connectivity index (χ0n) is 13.5. The van der Waals surface area contributed by atoms with Gasteiger partial charge in [-0.1, -0.05) is 26.0 Å². The molecule has 1 aromatic carbocycles. The maximum absolute atomic E-state index is 12.5. The maximum Gasteiger partial charge on any atom is 0.253 e. The molecule has 0 saturated carbocycles. The van der Waals surface area contributed by atoms with Gasteiger partial charge in [-0.05, 0) is 37.1 Å². The lowest BCUT2D eigenvalue weighted by atomic mass is 10.0. The lowest BCUT2D eigenvalue weighted by molar-refractivity contribution is 0.0923. The zero-order valence-corrected chi connectivity index (χ0v) is 13.5. The molecule has 0 radical (unpaired) electrons. The highest BCUT2D eigenvalue weighted by molar-refractivity contribution is 5.94. The van der Waals surface area contributed by atoms with E-state index in [-0.39, 0.29) is 17.9 Å². The van der Waals surface area contributed by atoms with E-state index >= 15 is 0 Å². The highest BCUT2D eigenvalue weighted by Gasteiger charge is 2.22. The van der Waals surface area contributed by atoms with E-state index in [0.717, 1.165) is 22.6 Å². The summed E-state index contributed by atoms with van der Waals surface area (Å²) in [5.74, 6) is 0.837. The molecule has 5 nitrogen and oxygen atoms in total. The van der Waals surface area contributed by atoms with Crippen LogP contribution >= 0.6 is 0 Å². The number of fused-ring (bicyclic) bond motifs is 1. The number of aryl methyl sites for hydroxylation is 1. The number of pyridine rings is 1. The van der Waals surface area contributed by atoms with Gasteiger partial charge in [0.2, 0.25) is 0 Å². The monoisotopic (exact) mass is 308 g/mol. The van der Waals surface area contributed by atoms with E-state index in [1.165, 1.54) is 0 Å².